The second-order valence-corrected chi connectivity index (χ2v) is 12.1. The van der Waals surface area contributed by atoms with E-state index in [2.05, 4.69) is 134 Å². The Labute approximate surface area is 244 Å². The first-order valence-electron chi connectivity index (χ1n) is 14.8. The molecule has 0 bridgehead atoms. The number of para-hydroxylation sites is 1. The summed E-state index contributed by atoms with van der Waals surface area (Å²) in [6, 6.07) is 37.2. The Morgan fingerprint density at radius 3 is 2.38 bits per heavy atom. The SMILES string of the molecule is CC1(C)c2ccccc2-c2cccc(-c3nc(-n4c5c(c6c7ccccc7ccc64)C=CCC5)nc4ccccc34)c21. The molecule has 0 saturated carbocycles. The monoisotopic (exact) mass is 539 g/mol. The molecular formula is C39H29N3. The Kier molecular flexibility index (Phi) is 4.79. The lowest BCUT2D eigenvalue weighted by Gasteiger charge is -2.25. The molecular weight excluding hydrogens is 510 g/mol. The van der Waals surface area contributed by atoms with Crippen LogP contribution in [0.25, 0.3) is 67.0 Å². The van der Waals surface area contributed by atoms with Gasteiger partial charge >= 0.3 is 0 Å². The van der Waals surface area contributed by atoms with Crippen LogP contribution in [0.1, 0.15) is 42.7 Å². The summed E-state index contributed by atoms with van der Waals surface area (Å²) in [6.45, 7) is 4.69. The molecule has 0 N–H and O–H groups in total. The van der Waals surface area contributed by atoms with Crippen molar-refractivity contribution >= 4 is 38.7 Å². The second-order valence-electron chi connectivity index (χ2n) is 12.1. The number of rotatable bonds is 2. The van der Waals surface area contributed by atoms with Gasteiger partial charge < -0.3 is 0 Å². The summed E-state index contributed by atoms with van der Waals surface area (Å²) in [4.78, 5) is 10.7. The second kappa shape index (κ2) is 8.50. The van der Waals surface area contributed by atoms with Crippen molar-refractivity contribution in [3.05, 3.63) is 132 Å². The van der Waals surface area contributed by atoms with E-state index in [9.17, 15) is 0 Å². The Morgan fingerprint density at radius 1 is 0.690 bits per heavy atom. The van der Waals surface area contributed by atoms with Crippen LogP contribution in [0.15, 0.2) is 109 Å². The fourth-order valence-corrected chi connectivity index (χ4v) is 7.63. The molecule has 0 amide bonds. The maximum atomic E-state index is 5.49. The van der Waals surface area contributed by atoms with Crippen molar-refractivity contribution in [3.63, 3.8) is 0 Å². The lowest BCUT2D eigenvalue weighted by atomic mass is 9.79. The van der Waals surface area contributed by atoms with Gasteiger partial charge in [-0.15, -0.1) is 0 Å². The Hall–Kier alpha value is -5.02. The molecule has 2 heterocycles. The van der Waals surface area contributed by atoms with Crippen molar-refractivity contribution in [2.24, 2.45) is 0 Å². The molecule has 9 rings (SSSR count). The van der Waals surface area contributed by atoms with Crippen LogP contribution in [0.2, 0.25) is 0 Å². The molecule has 0 saturated heterocycles. The molecule has 42 heavy (non-hydrogen) atoms. The predicted molar refractivity (Wildman–Crippen MR) is 174 cm³/mol. The van der Waals surface area contributed by atoms with E-state index in [0.717, 1.165) is 40.9 Å². The van der Waals surface area contributed by atoms with Gasteiger partial charge in [-0.3, -0.25) is 4.57 Å². The third-order valence-electron chi connectivity index (χ3n) is 9.46. The maximum Gasteiger partial charge on any atom is 0.235 e. The van der Waals surface area contributed by atoms with E-state index in [-0.39, 0.29) is 5.41 Å². The van der Waals surface area contributed by atoms with E-state index in [1.807, 2.05) is 0 Å². The molecule has 0 unspecified atom stereocenters. The molecule has 3 heteroatoms. The topological polar surface area (TPSA) is 30.7 Å². The van der Waals surface area contributed by atoms with Gasteiger partial charge in [0.15, 0.2) is 0 Å². The van der Waals surface area contributed by atoms with Crippen LogP contribution >= 0.6 is 0 Å². The Morgan fingerprint density at radius 2 is 1.45 bits per heavy atom. The highest BCUT2D eigenvalue weighted by molar-refractivity contribution is 6.12. The third-order valence-corrected chi connectivity index (χ3v) is 9.46. The molecule has 0 aliphatic heterocycles. The zero-order valence-electron chi connectivity index (χ0n) is 23.7. The van der Waals surface area contributed by atoms with Crippen LogP contribution in [0.3, 0.4) is 0 Å². The summed E-state index contributed by atoms with van der Waals surface area (Å²) < 4.78 is 2.33. The van der Waals surface area contributed by atoms with Gasteiger partial charge in [-0.1, -0.05) is 117 Å². The first kappa shape index (κ1) is 23.7. The van der Waals surface area contributed by atoms with E-state index in [0.29, 0.717) is 0 Å². The van der Waals surface area contributed by atoms with E-state index in [1.165, 1.54) is 55.2 Å². The molecule has 2 aliphatic carbocycles. The van der Waals surface area contributed by atoms with Gasteiger partial charge in [0.2, 0.25) is 5.95 Å². The van der Waals surface area contributed by atoms with Crippen LogP contribution in [-0.2, 0) is 11.8 Å². The average molecular weight is 540 g/mol. The fourth-order valence-electron chi connectivity index (χ4n) is 7.63. The highest BCUT2D eigenvalue weighted by Crippen LogP contribution is 2.52. The first-order chi connectivity index (χ1) is 20.6. The van der Waals surface area contributed by atoms with Gasteiger partial charge in [-0.2, -0.15) is 0 Å². The number of benzene rings is 5. The van der Waals surface area contributed by atoms with Gasteiger partial charge in [-0.05, 0) is 58.0 Å². The smallest absolute Gasteiger partial charge is 0.235 e. The summed E-state index contributed by atoms with van der Waals surface area (Å²) in [5.74, 6) is 0.742. The quantitative estimate of drug-likeness (QED) is 0.219. The number of fused-ring (bicyclic) bond motifs is 9. The van der Waals surface area contributed by atoms with Crippen LogP contribution in [0.5, 0.6) is 0 Å². The summed E-state index contributed by atoms with van der Waals surface area (Å²) in [5.41, 5.74) is 12.1. The average Bonchev–Trinajstić information content (AvgIpc) is 3.50. The molecule has 2 aliphatic rings. The number of hydrogen-bond acceptors (Lipinski definition) is 2. The van der Waals surface area contributed by atoms with Crippen molar-refractivity contribution in [3.8, 4) is 28.3 Å². The lowest BCUT2D eigenvalue weighted by molar-refractivity contribution is 0.662. The number of hydrogen-bond donors (Lipinski definition) is 0. The van der Waals surface area contributed by atoms with Crippen molar-refractivity contribution < 1.29 is 0 Å². The van der Waals surface area contributed by atoms with E-state index in [4.69, 9.17) is 9.97 Å². The normalized spacial score (nSPS) is 14.8. The van der Waals surface area contributed by atoms with Crippen LogP contribution < -0.4 is 0 Å². The molecule has 0 fully saturated rings. The van der Waals surface area contributed by atoms with Crippen LogP contribution in [0, 0.1) is 0 Å². The van der Waals surface area contributed by atoms with Gasteiger partial charge in [0.05, 0.1) is 16.7 Å². The van der Waals surface area contributed by atoms with Gasteiger partial charge in [0, 0.05) is 33.0 Å². The van der Waals surface area contributed by atoms with Crippen LogP contribution in [0.4, 0.5) is 0 Å². The largest absolute Gasteiger partial charge is 0.282 e. The van der Waals surface area contributed by atoms with Crippen LogP contribution in [-0.4, -0.2) is 14.5 Å². The third kappa shape index (κ3) is 3.11. The summed E-state index contributed by atoms with van der Waals surface area (Å²) >= 11 is 0. The molecule has 2 aromatic heterocycles. The van der Waals surface area contributed by atoms with Crippen molar-refractivity contribution in [1.29, 1.82) is 0 Å². The first-order valence-corrected chi connectivity index (χ1v) is 14.8. The van der Waals surface area contributed by atoms with E-state index in [1.54, 1.807) is 0 Å². The Bertz CT molecular complexity index is 2280. The molecule has 3 nitrogen and oxygen atoms in total. The molecule has 200 valence electrons. The van der Waals surface area contributed by atoms with E-state index >= 15 is 0 Å². The van der Waals surface area contributed by atoms with Crippen molar-refractivity contribution in [2.45, 2.75) is 32.1 Å². The molecule has 0 spiro atoms. The highest BCUT2D eigenvalue weighted by Gasteiger charge is 2.38. The van der Waals surface area contributed by atoms with Crippen molar-refractivity contribution in [1.82, 2.24) is 14.5 Å². The van der Waals surface area contributed by atoms with Gasteiger partial charge in [-0.25, -0.2) is 9.97 Å². The number of nitrogens with zero attached hydrogens (tertiary/aromatic N) is 3. The highest BCUT2D eigenvalue weighted by atomic mass is 15.2. The van der Waals surface area contributed by atoms with Gasteiger partial charge in [0.25, 0.3) is 0 Å². The number of aromatic nitrogens is 3. The summed E-state index contributed by atoms with van der Waals surface area (Å²) in [5, 5.41) is 4.90. The Balaban J connectivity index is 1.38. The zero-order chi connectivity index (χ0) is 28.0. The minimum atomic E-state index is -0.141. The minimum Gasteiger partial charge on any atom is -0.282 e. The fraction of sp³-hybridized carbons (Fsp3) is 0.128. The molecule has 5 aromatic carbocycles. The lowest BCUT2D eigenvalue weighted by Crippen LogP contribution is -2.17. The van der Waals surface area contributed by atoms with E-state index < -0.39 is 0 Å². The summed E-state index contributed by atoms with van der Waals surface area (Å²) in [6.07, 6.45) is 6.58. The standard InChI is InChI=1S/C39H29N3/c1-39(2)31-19-8-5-14-26(31)27-17-11-18-30(36(27)39)37-28-15-6-9-20-32(28)40-38(41-37)42-33-21-10-7-16-29(33)35-25-13-4-3-12-24(25)22-23-34(35)42/h3-9,11-20,22-23H,10,21H2,1-2H3. The van der Waals surface area contributed by atoms with Crippen molar-refractivity contribution in [2.75, 3.05) is 0 Å². The maximum absolute atomic E-state index is 5.49. The molecule has 0 radical (unpaired) electrons. The summed E-state index contributed by atoms with van der Waals surface area (Å²) in [7, 11) is 0. The van der Waals surface area contributed by atoms with Gasteiger partial charge in [0.1, 0.15) is 0 Å². The zero-order valence-corrected chi connectivity index (χ0v) is 23.7. The number of allylic oxidation sites excluding steroid dienone is 1. The minimum absolute atomic E-state index is 0.141. The predicted octanol–water partition coefficient (Wildman–Crippen LogP) is 9.66. The molecule has 7 aromatic rings. The molecule has 0 atom stereocenters.